The zero-order valence-electron chi connectivity index (χ0n) is 31.4. The summed E-state index contributed by atoms with van der Waals surface area (Å²) in [7, 11) is 0. The Morgan fingerprint density at radius 1 is 0.875 bits per heavy atom. The zero-order valence-corrected chi connectivity index (χ0v) is 31.4. The molecular formula is C44H46F2N4O6. The van der Waals surface area contributed by atoms with Gasteiger partial charge in [0, 0.05) is 73.9 Å². The molecule has 56 heavy (non-hydrogen) atoms. The van der Waals surface area contributed by atoms with Gasteiger partial charge in [-0.15, -0.1) is 0 Å². The lowest BCUT2D eigenvalue weighted by Gasteiger charge is -2.36. The summed E-state index contributed by atoms with van der Waals surface area (Å²) in [6.07, 6.45) is 3.34. The highest BCUT2D eigenvalue weighted by Crippen LogP contribution is 2.47. The number of amides is 3. The second kappa shape index (κ2) is 15.9. The Kier molecular flexibility index (Phi) is 10.7. The normalized spacial score (nSPS) is 21.1. The van der Waals surface area contributed by atoms with E-state index < -0.39 is 17.8 Å². The van der Waals surface area contributed by atoms with E-state index in [-0.39, 0.29) is 47.4 Å². The first-order valence-electron chi connectivity index (χ1n) is 19.5. The Morgan fingerprint density at radius 3 is 2.48 bits per heavy atom. The monoisotopic (exact) mass is 764 g/mol. The standard InChI is InChI=1S/C44H46F2N4O6/c1-27-21-28(5-11-36(27)45)35-26-56-40-24-32(51)8-10-34(40)42(35)29-6-13-39(37(46)23-29)55-20-4-2-3-15-48-16-18-49(19-17-48)31-7-9-33-30(22-31)25-50(44(33)54)38-12-14-41(52)47-43(38)53/h5-11,13,21-24,35,38,42,51H,2-4,12,14-20,25-26H2,1H3,(H,47,52,53)/t35-,38?,42?/m1/s1. The molecular weight excluding hydrogens is 719 g/mol. The quantitative estimate of drug-likeness (QED) is 0.133. The largest absolute Gasteiger partial charge is 0.508 e. The Balaban J connectivity index is 0.799. The van der Waals surface area contributed by atoms with Gasteiger partial charge in [0.1, 0.15) is 23.4 Å². The second-order valence-corrected chi connectivity index (χ2v) is 15.3. The van der Waals surface area contributed by atoms with Gasteiger partial charge >= 0.3 is 0 Å². The maximum atomic E-state index is 15.6. The number of halogens is 2. The molecule has 0 bridgehead atoms. The van der Waals surface area contributed by atoms with Crippen molar-refractivity contribution < 1.29 is 37.7 Å². The van der Waals surface area contributed by atoms with E-state index in [1.165, 1.54) is 12.1 Å². The van der Waals surface area contributed by atoms with Gasteiger partial charge < -0.3 is 24.4 Å². The fraction of sp³-hybridized carbons (Fsp3) is 0.386. The Morgan fingerprint density at radius 2 is 1.70 bits per heavy atom. The number of rotatable bonds is 11. The number of aromatic hydroxyl groups is 1. The van der Waals surface area contributed by atoms with Crippen LogP contribution in [0, 0.1) is 18.6 Å². The molecule has 0 radical (unpaired) electrons. The van der Waals surface area contributed by atoms with Gasteiger partial charge in [0.2, 0.25) is 11.8 Å². The third-order valence-corrected chi connectivity index (χ3v) is 11.7. The van der Waals surface area contributed by atoms with Crippen LogP contribution in [0.15, 0.2) is 72.8 Å². The summed E-state index contributed by atoms with van der Waals surface area (Å²) in [6, 6.07) is 20.4. The number of piperidine rings is 1. The third kappa shape index (κ3) is 7.67. The molecule has 0 aromatic heterocycles. The first-order chi connectivity index (χ1) is 27.1. The lowest BCUT2D eigenvalue weighted by molar-refractivity contribution is -0.136. The second-order valence-electron chi connectivity index (χ2n) is 15.3. The van der Waals surface area contributed by atoms with Crippen LogP contribution in [0.25, 0.3) is 0 Å². The van der Waals surface area contributed by atoms with Crippen LogP contribution in [0.4, 0.5) is 14.5 Å². The summed E-state index contributed by atoms with van der Waals surface area (Å²) in [5.41, 5.74) is 5.61. The van der Waals surface area contributed by atoms with Crippen molar-refractivity contribution in [3.63, 3.8) is 0 Å². The predicted molar refractivity (Wildman–Crippen MR) is 206 cm³/mol. The van der Waals surface area contributed by atoms with Gasteiger partial charge in [-0.1, -0.05) is 24.3 Å². The number of ether oxygens (including phenoxy) is 2. The molecule has 4 aliphatic rings. The van der Waals surface area contributed by atoms with E-state index in [4.69, 9.17) is 9.47 Å². The van der Waals surface area contributed by atoms with Gasteiger partial charge in [-0.2, -0.15) is 0 Å². The van der Waals surface area contributed by atoms with Gasteiger partial charge in [-0.25, -0.2) is 8.78 Å². The predicted octanol–water partition coefficient (Wildman–Crippen LogP) is 6.42. The first kappa shape index (κ1) is 37.4. The van der Waals surface area contributed by atoms with Crippen molar-refractivity contribution in [1.29, 1.82) is 0 Å². The first-order valence-corrected chi connectivity index (χ1v) is 19.5. The molecule has 8 rings (SSSR count). The number of carbonyl (C=O) groups is 3. The minimum atomic E-state index is -0.618. The van der Waals surface area contributed by atoms with Gasteiger partial charge in [-0.3, -0.25) is 24.6 Å². The lowest BCUT2D eigenvalue weighted by Crippen LogP contribution is -2.52. The Labute approximate surface area is 325 Å². The summed E-state index contributed by atoms with van der Waals surface area (Å²) >= 11 is 0. The highest BCUT2D eigenvalue weighted by atomic mass is 19.1. The summed E-state index contributed by atoms with van der Waals surface area (Å²) < 4.78 is 41.6. The number of aryl methyl sites for hydroxylation is 1. The number of hydrogen-bond donors (Lipinski definition) is 2. The summed E-state index contributed by atoms with van der Waals surface area (Å²) in [5.74, 6) is -1.20. The molecule has 4 heterocycles. The molecule has 3 amide bonds. The number of anilines is 1. The molecule has 0 saturated carbocycles. The maximum Gasteiger partial charge on any atom is 0.255 e. The highest BCUT2D eigenvalue weighted by Gasteiger charge is 2.39. The number of nitrogens with one attached hydrogen (secondary N) is 1. The van der Waals surface area contributed by atoms with Crippen molar-refractivity contribution >= 4 is 23.4 Å². The van der Waals surface area contributed by atoms with Crippen molar-refractivity contribution in [3.05, 3.63) is 118 Å². The minimum Gasteiger partial charge on any atom is -0.508 e. The molecule has 0 spiro atoms. The number of piperazine rings is 1. The molecule has 4 aromatic carbocycles. The van der Waals surface area contributed by atoms with Crippen LogP contribution in [0.1, 0.15) is 82.1 Å². The van der Waals surface area contributed by atoms with Gasteiger partial charge in [0.05, 0.1) is 13.2 Å². The zero-order chi connectivity index (χ0) is 38.9. The Bertz CT molecular complexity index is 2150. The number of carbonyl (C=O) groups excluding carboxylic acids is 3. The molecule has 4 aliphatic heterocycles. The van der Waals surface area contributed by atoms with Crippen molar-refractivity contribution in [2.24, 2.45) is 0 Å². The van der Waals surface area contributed by atoms with E-state index in [0.717, 1.165) is 79.9 Å². The van der Waals surface area contributed by atoms with E-state index in [9.17, 15) is 23.9 Å². The number of fused-ring (bicyclic) bond motifs is 2. The SMILES string of the molecule is Cc1cc([C@H]2COc3cc(O)ccc3C2c2ccc(OCCCCCN3CCN(c4ccc5c(c4)CN(C4CCC(=O)NC4=O)C5=O)CC3)c(F)c2)ccc1F. The van der Waals surface area contributed by atoms with Crippen LogP contribution in [0.5, 0.6) is 17.2 Å². The molecule has 4 aromatic rings. The summed E-state index contributed by atoms with van der Waals surface area (Å²) in [4.78, 5) is 43.4. The number of unbranched alkanes of at least 4 members (excludes halogenated alkanes) is 2. The van der Waals surface area contributed by atoms with E-state index >= 15 is 4.39 Å². The maximum absolute atomic E-state index is 15.6. The third-order valence-electron chi connectivity index (χ3n) is 11.7. The molecule has 3 atom stereocenters. The Hall–Kier alpha value is -5.49. The topological polar surface area (TPSA) is 112 Å². The van der Waals surface area contributed by atoms with Crippen LogP contribution in [0.2, 0.25) is 0 Å². The summed E-state index contributed by atoms with van der Waals surface area (Å²) in [5, 5.41) is 12.4. The lowest BCUT2D eigenvalue weighted by atomic mass is 9.75. The van der Waals surface area contributed by atoms with E-state index in [1.807, 2.05) is 24.3 Å². The van der Waals surface area contributed by atoms with Crippen molar-refractivity contribution in [3.8, 4) is 17.2 Å². The van der Waals surface area contributed by atoms with Crippen LogP contribution >= 0.6 is 0 Å². The van der Waals surface area contributed by atoms with Gasteiger partial charge in [0.25, 0.3) is 5.91 Å². The summed E-state index contributed by atoms with van der Waals surface area (Å²) in [6.45, 7) is 7.35. The molecule has 2 unspecified atom stereocenters. The molecule has 2 N–H and O–H groups in total. The fourth-order valence-corrected chi connectivity index (χ4v) is 8.61. The average molecular weight is 765 g/mol. The molecule has 12 heteroatoms. The van der Waals surface area contributed by atoms with Gasteiger partial charge in [-0.05, 0) is 104 Å². The van der Waals surface area contributed by atoms with Crippen molar-refractivity contribution in [2.45, 2.75) is 63.5 Å². The van der Waals surface area contributed by atoms with Crippen LogP contribution in [-0.2, 0) is 16.1 Å². The number of benzene rings is 4. The van der Waals surface area contributed by atoms with Crippen LogP contribution in [-0.4, -0.2) is 84.6 Å². The molecule has 2 saturated heterocycles. The minimum absolute atomic E-state index is 0.0890. The fourth-order valence-electron chi connectivity index (χ4n) is 8.61. The van der Waals surface area contributed by atoms with Crippen molar-refractivity contribution in [2.75, 3.05) is 50.8 Å². The molecule has 292 valence electrons. The van der Waals surface area contributed by atoms with Crippen molar-refractivity contribution in [1.82, 2.24) is 15.1 Å². The number of phenols is 1. The molecule has 2 fully saturated rings. The number of hydrogen-bond acceptors (Lipinski definition) is 8. The van der Waals surface area contributed by atoms with Crippen LogP contribution < -0.4 is 19.7 Å². The number of imide groups is 1. The number of nitrogens with zero attached hydrogens (tertiary/aromatic N) is 3. The smallest absolute Gasteiger partial charge is 0.255 e. The molecule has 0 aliphatic carbocycles. The average Bonchev–Trinajstić information content (AvgIpc) is 3.52. The number of phenolic OH excluding ortho intramolecular Hbond substituents is 1. The van der Waals surface area contributed by atoms with E-state index in [2.05, 4.69) is 21.2 Å². The van der Waals surface area contributed by atoms with Gasteiger partial charge in [0.15, 0.2) is 11.6 Å². The van der Waals surface area contributed by atoms with E-state index in [1.54, 1.807) is 42.2 Å². The van der Waals surface area contributed by atoms with E-state index in [0.29, 0.717) is 43.1 Å². The highest BCUT2D eigenvalue weighted by molar-refractivity contribution is 6.05. The van der Waals surface area contributed by atoms with Crippen LogP contribution in [0.3, 0.4) is 0 Å². The molecule has 10 nitrogen and oxygen atoms in total.